The Hall–Kier alpha value is -1.59. The highest BCUT2D eigenvalue weighted by molar-refractivity contribution is 5.96. The van der Waals surface area contributed by atoms with Gasteiger partial charge in [0.2, 0.25) is 5.91 Å². The number of amides is 1. The number of benzene rings is 1. The van der Waals surface area contributed by atoms with Gasteiger partial charge in [-0.1, -0.05) is 19.1 Å². The molecule has 0 bridgehead atoms. The number of carbonyl (C=O) groups excluding carboxylic acids is 1. The highest BCUT2D eigenvalue weighted by atomic mass is 16.2. The summed E-state index contributed by atoms with van der Waals surface area (Å²) in [7, 11) is 4.12. The molecule has 0 aliphatic carbocycles. The van der Waals surface area contributed by atoms with Crippen molar-refractivity contribution in [3.63, 3.8) is 0 Å². The van der Waals surface area contributed by atoms with Crippen LogP contribution in [0.5, 0.6) is 0 Å². The van der Waals surface area contributed by atoms with Gasteiger partial charge in [-0.3, -0.25) is 9.69 Å². The van der Waals surface area contributed by atoms with E-state index in [9.17, 15) is 4.79 Å². The third-order valence-electron chi connectivity index (χ3n) is 3.46. The zero-order chi connectivity index (χ0) is 15.8. The lowest BCUT2D eigenvalue weighted by molar-refractivity contribution is -0.117. The Morgan fingerprint density at radius 1 is 1.29 bits per heavy atom. The molecule has 0 aromatic heterocycles. The molecule has 0 aliphatic rings. The van der Waals surface area contributed by atoms with Crippen molar-refractivity contribution in [3.05, 3.63) is 23.8 Å². The third kappa shape index (κ3) is 6.14. The third-order valence-corrected chi connectivity index (χ3v) is 3.46. The molecule has 21 heavy (non-hydrogen) atoms. The van der Waals surface area contributed by atoms with Crippen LogP contribution in [0.25, 0.3) is 0 Å². The minimum absolute atomic E-state index is 0.0114. The van der Waals surface area contributed by atoms with Crippen molar-refractivity contribution in [1.82, 2.24) is 9.80 Å². The van der Waals surface area contributed by atoms with E-state index in [1.165, 1.54) is 0 Å². The van der Waals surface area contributed by atoms with Gasteiger partial charge >= 0.3 is 0 Å². The van der Waals surface area contributed by atoms with Crippen LogP contribution in [-0.2, 0) is 4.79 Å². The number of hydrogen-bond donors (Lipinski definition) is 2. The first kappa shape index (κ1) is 17.5. The van der Waals surface area contributed by atoms with Crippen molar-refractivity contribution in [2.24, 2.45) is 0 Å². The summed E-state index contributed by atoms with van der Waals surface area (Å²) < 4.78 is 0. The lowest BCUT2D eigenvalue weighted by Crippen LogP contribution is -2.35. The van der Waals surface area contributed by atoms with Gasteiger partial charge in [0.15, 0.2) is 0 Å². The second-order valence-corrected chi connectivity index (χ2v) is 5.61. The molecule has 3 N–H and O–H groups in total. The number of carbonyl (C=O) groups is 1. The maximum Gasteiger partial charge on any atom is 0.238 e. The molecule has 1 aromatic carbocycles. The van der Waals surface area contributed by atoms with Crippen molar-refractivity contribution < 1.29 is 4.79 Å². The average molecular weight is 292 g/mol. The number of nitrogen functional groups attached to an aromatic ring is 1. The molecule has 0 unspecified atom stereocenters. The largest absolute Gasteiger partial charge is 0.397 e. The Labute approximate surface area is 128 Å². The van der Waals surface area contributed by atoms with E-state index in [0.29, 0.717) is 12.2 Å². The molecule has 1 amide bonds. The molecule has 0 fully saturated rings. The second-order valence-electron chi connectivity index (χ2n) is 5.61. The first-order valence-electron chi connectivity index (χ1n) is 7.46. The van der Waals surface area contributed by atoms with Gasteiger partial charge in [0, 0.05) is 0 Å². The zero-order valence-corrected chi connectivity index (χ0v) is 13.6. The van der Waals surface area contributed by atoms with Gasteiger partial charge in [-0.15, -0.1) is 0 Å². The van der Waals surface area contributed by atoms with Gasteiger partial charge in [-0.05, 0) is 58.7 Å². The normalized spacial score (nSPS) is 11.1. The fourth-order valence-electron chi connectivity index (χ4n) is 2.20. The van der Waals surface area contributed by atoms with Crippen LogP contribution in [0.4, 0.5) is 11.4 Å². The Morgan fingerprint density at radius 2 is 2.00 bits per heavy atom. The van der Waals surface area contributed by atoms with Crippen LogP contribution in [0.3, 0.4) is 0 Å². The number of aryl methyl sites for hydroxylation is 1. The summed E-state index contributed by atoms with van der Waals surface area (Å²) in [5, 5.41) is 2.93. The summed E-state index contributed by atoms with van der Waals surface area (Å²) in [6.07, 6.45) is 1.06. The molecule has 0 saturated heterocycles. The Morgan fingerprint density at radius 3 is 2.57 bits per heavy atom. The number of nitrogens with one attached hydrogen (secondary N) is 1. The molecule has 0 heterocycles. The van der Waals surface area contributed by atoms with E-state index in [1.54, 1.807) is 6.07 Å². The van der Waals surface area contributed by atoms with E-state index in [1.807, 2.05) is 19.1 Å². The average Bonchev–Trinajstić information content (AvgIpc) is 2.41. The van der Waals surface area contributed by atoms with Crippen molar-refractivity contribution in [1.29, 1.82) is 0 Å². The van der Waals surface area contributed by atoms with Crippen molar-refractivity contribution in [3.8, 4) is 0 Å². The van der Waals surface area contributed by atoms with Gasteiger partial charge in [0.1, 0.15) is 0 Å². The molecule has 0 aliphatic heterocycles. The number of para-hydroxylation sites is 1. The van der Waals surface area contributed by atoms with Crippen LogP contribution in [0.1, 0.15) is 18.9 Å². The number of anilines is 2. The summed E-state index contributed by atoms with van der Waals surface area (Å²) in [4.78, 5) is 16.5. The highest BCUT2D eigenvalue weighted by Crippen LogP contribution is 2.22. The Bertz CT molecular complexity index is 439. The minimum atomic E-state index is -0.0114. The van der Waals surface area contributed by atoms with Crippen LogP contribution in [0.15, 0.2) is 18.2 Å². The molecular weight excluding hydrogens is 264 g/mol. The fourth-order valence-corrected chi connectivity index (χ4v) is 2.20. The van der Waals surface area contributed by atoms with Crippen molar-refractivity contribution in [2.45, 2.75) is 20.3 Å². The van der Waals surface area contributed by atoms with Crippen LogP contribution in [0, 0.1) is 6.92 Å². The predicted octanol–water partition coefficient (Wildman–Crippen LogP) is 1.79. The fraction of sp³-hybridized carbons (Fsp3) is 0.562. The summed E-state index contributed by atoms with van der Waals surface area (Å²) in [6, 6.07) is 5.64. The molecule has 0 radical (unpaired) electrons. The van der Waals surface area contributed by atoms with E-state index in [0.717, 1.165) is 37.3 Å². The molecule has 0 atom stereocenters. The first-order chi connectivity index (χ1) is 9.93. The summed E-state index contributed by atoms with van der Waals surface area (Å²) in [6.45, 7) is 7.24. The van der Waals surface area contributed by atoms with Crippen LogP contribution < -0.4 is 11.1 Å². The monoisotopic (exact) mass is 292 g/mol. The smallest absolute Gasteiger partial charge is 0.238 e. The molecule has 1 aromatic rings. The van der Waals surface area contributed by atoms with E-state index in [4.69, 9.17) is 5.73 Å². The predicted molar refractivity (Wildman–Crippen MR) is 89.5 cm³/mol. The lowest BCUT2D eigenvalue weighted by atomic mass is 10.1. The zero-order valence-electron chi connectivity index (χ0n) is 13.6. The van der Waals surface area contributed by atoms with Crippen molar-refractivity contribution in [2.75, 3.05) is 51.3 Å². The number of nitrogens with zero attached hydrogens (tertiary/aromatic N) is 2. The molecular formula is C16H28N4O. The molecule has 118 valence electrons. The molecule has 1 rings (SSSR count). The maximum absolute atomic E-state index is 12.2. The molecule has 0 saturated carbocycles. The maximum atomic E-state index is 12.2. The molecule has 0 spiro atoms. The number of hydrogen-bond acceptors (Lipinski definition) is 4. The van der Waals surface area contributed by atoms with Crippen LogP contribution in [-0.4, -0.2) is 56.0 Å². The number of nitrogens with two attached hydrogens (primary N) is 1. The van der Waals surface area contributed by atoms with Crippen LogP contribution in [0.2, 0.25) is 0 Å². The molecule has 5 nitrogen and oxygen atoms in total. The van der Waals surface area contributed by atoms with Crippen molar-refractivity contribution >= 4 is 17.3 Å². The van der Waals surface area contributed by atoms with Crippen LogP contribution >= 0.6 is 0 Å². The number of likely N-dealkylation sites (N-methyl/N-ethyl adjacent to an activating group) is 1. The summed E-state index contributed by atoms with van der Waals surface area (Å²) >= 11 is 0. The van der Waals surface area contributed by atoms with E-state index in [-0.39, 0.29) is 5.91 Å². The van der Waals surface area contributed by atoms with Gasteiger partial charge in [0.25, 0.3) is 0 Å². The summed E-state index contributed by atoms with van der Waals surface area (Å²) in [5.41, 5.74) is 8.24. The highest BCUT2D eigenvalue weighted by Gasteiger charge is 2.11. The van der Waals surface area contributed by atoms with Gasteiger partial charge < -0.3 is 16.0 Å². The number of rotatable bonds is 8. The summed E-state index contributed by atoms with van der Waals surface area (Å²) in [5.74, 6) is -0.0114. The topological polar surface area (TPSA) is 61.6 Å². The minimum Gasteiger partial charge on any atom is -0.397 e. The van der Waals surface area contributed by atoms with E-state index in [2.05, 4.69) is 36.1 Å². The first-order valence-corrected chi connectivity index (χ1v) is 7.46. The Balaban J connectivity index is 2.51. The SMILES string of the molecule is CCN(CCCN(C)C)CC(=O)Nc1c(C)cccc1N. The lowest BCUT2D eigenvalue weighted by Gasteiger charge is -2.21. The quantitative estimate of drug-likeness (QED) is 0.717. The molecule has 5 heteroatoms. The van der Waals surface area contributed by atoms with Gasteiger partial charge in [-0.2, -0.15) is 0 Å². The second kappa shape index (κ2) is 8.64. The Kier molecular flexibility index (Phi) is 7.19. The van der Waals surface area contributed by atoms with Gasteiger partial charge in [0.05, 0.1) is 17.9 Å². The standard InChI is InChI=1S/C16H28N4O/c1-5-20(11-7-10-19(3)4)12-15(21)18-16-13(2)8-6-9-14(16)17/h6,8-9H,5,7,10-12,17H2,1-4H3,(H,18,21). The van der Waals surface area contributed by atoms with E-state index < -0.39 is 0 Å². The van der Waals surface area contributed by atoms with E-state index >= 15 is 0 Å². The van der Waals surface area contributed by atoms with Gasteiger partial charge in [-0.25, -0.2) is 0 Å².